The van der Waals surface area contributed by atoms with E-state index in [9.17, 15) is 13.2 Å². The fourth-order valence-corrected chi connectivity index (χ4v) is 2.67. The minimum atomic E-state index is -3.30. The first-order valence-electron chi connectivity index (χ1n) is 5.27. The average molecular weight is 240 g/mol. The summed E-state index contributed by atoms with van der Waals surface area (Å²) in [6.45, 7) is 3.41. The van der Waals surface area contributed by atoms with E-state index < -0.39 is 9.84 Å². The maximum absolute atomic E-state index is 11.8. The monoisotopic (exact) mass is 240 g/mol. The zero-order valence-corrected chi connectivity index (χ0v) is 10.4. The van der Waals surface area contributed by atoms with Crippen LogP contribution < -0.4 is 0 Å². The van der Waals surface area contributed by atoms with Crippen LogP contribution in [0.25, 0.3) is 0 Å². The lowest BCUT2D eigenvalue weighted by Gasteiger charge is -2.04. The Hall–Kier alpha value is -1.16. The lowest BCUT2D eigenvalue weighted by molar-refractivity contribution is -0.116. The highest BCUT2D eigenvalue weighted by atomic mass is 32.2. The second-order valence-corrected chi connectivity index (χ2v) is 5.88. The maximum Gasteiger partial charge on any atom is 0.178 e. The topological polar surface area (TPSA) is 51.2 Å². The summed E-state index contributed by atoms with van der Waals surface area (Å²) in [5.41, 5.74) is 1.10. The van der Waals surface area contributed by atoms with Gasteiger partial charge in [0.25, 0.3) is 0 Å². The molecule has 1 rings (SSSR count). The Balaban J connectivity index is 2.85. The maximum atomic E-state index is 11.8. The van der Waals surface area contributed by atoms with Crippen LogP contribution in [0.3, 0.4) is 0 Å². The molecule has 0 saturated carbocycles. The average Bonchev–Trinajstić information content (AvgIpc) is 2.27. The van der Waals surface area contributed by atoms with Gasteiger partial charge in [-0.25, -0.2) is 8.42 Å². The summed E-state index contributed by atoms with van der Waals surface area (Å²) in [5.74, 6) is -0.206. The number of rotatable bonds is 5. The van der Waals surface area contributed by atoms with Crippen molar-refractivity contribution in [3.63, 3.8) is 0 Å². The number of aryl methyl sites for hydroxylation is 1. The van der Waals surface area contributed by atoms with Crippen LogP contribution >= 0.6 is 0 Å². The molecule has 0 heterocycles. The van der Waals surface area contributed by atoms with Crippen molar-refractivity contribution in [2.24, 2.45) is 0 Å². The summed E-state index contributed by atoms with van der Waals surface area (Å²) >= 11 is 0. The van der Waals surface area contributed by atoms with Crippen LogP contribution in [-0.4, -0.2) is 20.0 Å². The third kappa shape index (κ3) is 3.45. The number of hydrogen-bond donors (Lipinski definition) is 0. The predicted octanol–water partition coefficient (Wildman–Crippen LogP) is 2.00. The van der Waals surface area contributed by atoms with Crippen molar-refractivity contribution >= 4 is 15.6 Å². The Morgan fingerprint density at radius 3 is 2.19 bits per heavy atom. The van der Waals surface area contributed by atoms with Crippen molar-refractivity contribution in [2.75, 3.05) is 5.75 Å². The Bertz CT molecular complexity index is 458. The predicted molar refractivity (Wildman–Crippen MR) is 63.2 cm³/mol. The SMILES string of the molecule is CCc1ccc(S(=O)(=O)CCC(C)=O)cc1. The second-order valence-electron chi connectivity index (χ2n) is 3.77. The third-order valence-electron chi connectivity index (χ3n) is 2.41. The van der Waals surface area contributed by atoms with Crippen LogP contribution in [0.15, 0.2) is 29.2 Å². The number of sulfone groups is 1. The van der Waals surface area contributed by atoms with E-state index in [1.165, 1.54) is 6.92 Å². The lowest BCUT2D eigenvalue weighted by atomic mass is 10.2. The largest absolute Gasteiger partial charge is 0.300 e. The Morgan fingerprint density at radius 1 is 1.19 bits per heavy atom. The lowest BCUT2D eigenvalue weighted by Crippen LogP contribution is -2.09. The molecule has 0 fully saturated rings. The smallest absolute Gasteiger partial charge is 0.178 e. The van der Waals surface area contributed by atoms with Crippen LogP contribution in [0.1, 0.15) is 25.8 Å². The van der Waals surface area contributed by atoms with Crippen molar-refractivity contribution in [2.45, 2.75) is 31.6 Å². The van der Waals surface area contributed by atoms with Crippen LogP contribution in [0.5, 0.6) is 0 Å². The van der Waals surface area contributed by atoms with Gasteiger partial charge in [-0.1, -0.05) is 19.1 Å². The summed E-state index contributed by atoms with van der Waals surface area (Å²) in [4.78, 5) is 11.1. The van der Waals surface area contributed by atoms with E-state index in [-0.39, 0.29) is 18.0 Å². The molecule has 4 heteroatoms. The molecule has 0 amide bonds. The van der Waals surface area contributed by atoms with Crippen LogP contribution in [0.4, 0.5) is 0 Å². The quantitative estimate of drug-likeness (QED) is 0.791. The first-order valence-corrected chi connectivity index (χ1v) is 6.92. The molecule has 0 aliphatic rings. The number of benzene rings is 1. The van der Waals surface area contributed by atoms with Gasteiger partial charge >= 0.3 is 0 Å². The summed E-state index contributed by atoms with van der Waals surface area (Å²) in [6.07, 6.45) is 0.964. The molecule has 0 spiro atoms. The van der Waals surface area contributed by atoms with E-state index in [2.05, 4.69) is 0 Å². The van der Waals surface area contributed by atoms with Crippen molar-refractivity contribution in [3.05, 3.63) is 29.8 Å². The fraction of sp³-hybridized carbons (Fsp3) is 0.417. The highest BCUT2D eigenvalue weighted by molar-refractivity contribution is 7.91. The second kappa shape index (κ2) is 5.25. The van der Waals surface area contributed by atoms with Crippen molar-refractivity contribution in [3.8, 4) is 0 Å². The summed E-state index contributed by atoms with van der Waals surface area (Å²) in [7, 11) is -3.30. The van der Waals surface area contributed by atoms with Gasteiger partial charge in [0.2, 0.25) is 0 Å². The van der Waals surface area contributed by atoms with E-state index in [1.807, 2.05) is 6.92 Å². The number of ketones is 1. The third-order valence-corrected chi connectivity index (χ3v) is 4.15. The molecule has 0 saturated heterocycles. The molecule has 0 N–H and O–H groups in total. The molecule has 0 aromatic heterocycles. The number of carbonyl (C=O) groups is 1. The highest BCUT2D eigenvalue weighted by Gasteiger charge is 2.14. The molecular formula is C12H16O3S. The molecule has 1 aromatic rings. The molecule has 0 atom stereocenters. The van der Waals surface area contributed by atoms with Gasteiger partial charge in [0, 0.05) is 6.42 Å². The van der Waals surface area contributed by atoms with Gasteiger partial charge in [-0.3, -0.25) is 4.79 Å². The number of hydrogen-bond acceptors (Lipinski definition) is 3. The van der Waals surface area contributed by atoms with Gasteiger partial charge < -0.3 is 0 Å². The van der Waals surface area contributed by atoms with Crippen LogP contribution in [0, 0.1) is 0 Å². The van der Waals surface area contributed by atoms with Gasteiger partial charge in [-0.2, -0.15) is 0 Å². The van der Waals surface area contributed by atoms with E-state index in [1.54, 1.807) is 24.3 Å². The molecule has 0 unspecified atom stereocenters. The van der Waals surface area contributed by atoms with E-state index in [0.717, 1.165) is 12.0 Å². The molecule has 88 valence electrons. The zero-order chi connectivity index (χ0) is 12.2. The minimum absolute atomic E-state index is 0.0812. The minimum Gasteiger partial charge on any atom is -0.300 e. The van der Waals surface area contributed by atoms with E-state index in [4.69, 9.17) is 0 Å². The molecule has 16 heavy (non-hydrogen) atoms. The van der Waals surface area contributed by atoms with Crippen LogP contribution in [-0.2, 0) is 21.1 Å². The Kier molecular flexibility index (Phi) is 4.24. The molecule has 3 nitrogen and oxygen atoms in total. The molecule has 0 radical (unpaired) electrons. The number of Topliss-reactive ketones (excluding diaryl/α,β-unsaturated/α-hetero) is 1. The van der Waals surface area contributed by atoms with E-state index >= 15 is 0 Å². The van der Waals surface area contributed by atoms with Gasteiger partial charge in [0.15, 0.2) is 9.84 Å². The fourth-order valence-electron chi connectivity index (χ4n) is 1.33. The van der Waals surface area contributed by atoms with Gasteiger partial charge in [-0.05, 0) is 31.0 Å². The molecular weight excluding hydrogens is 224 g/mol. The van der Waals surface area contributed by atoms with Crippen molar-refractivity contribution in [1.29, 1.82) is 0 Å². The van der Waals surface area contributed by atoms with Crippen LogP contribution in [0.2, 0.25) is 0 Å². The normalized spacial score (nSPS) is 11.4. The first-order chi connectivity index (χ1) is 7.45. The molecule has 0 aliphatic heterocycles. The molecule has 0 bridgehead atoms. The van der Waals surface area contributed by atoms with Crippen molar-refractivity contribution < 1.29 is 13.2 Å². The van der Waals surface area contributed by atoms with Crippen molar-refractivity contribution in [1.82, 2.24) is 0 Å². The first kappa shape index (κ1) is 12.9. The zero-order valence-electron chi connectivity index (χ0n) is 9.56. The standard InChI is InChI=1S/C12H16O3S/c1-3-11-4-6-12(7-5-11)16(14,15)9-8-10(2)13/h4-7H,3,8-9H2,1-2H3. The van der Waals surface area contributed by atoms with Gasteiger partial charge in [-0.15, -0.1) is 0 Å². The van der Waals surface area contributed by atoms with E-state index in [0.29, 0.717) is 4.90 Å². The summed E-state index contributed by atoms with van der Waals surface area (Å²) < 4.78 is 23.6. The Morgan fingerprint density at radius 2 is 1.75 bits per heavy atom. The number of carbonyl (C=O) groups excluding carboxylic acids is 1. The molecule has 0 aliphatic carbocycles. The molecule has 1 aromatic carbocycles. The summed E-state index contributed by atoms with van der Waals surface area (Å²) in [5, 5.41) is 0. The summed E-state index contributed by atoms with van der Waals surface area (Å²) in [6, 6.07) is 6.82. The van der Waals surface area contributed by atoms with Gasteiger partial charge in [0.1, 0.15) is 5.78 Å². The highest BCUT2D eigenvalue weighted by Crippen LogP contribution is 2.13. The van der Waals surface area contributed by atoms with Gasteiger partial charge in [0.05, 0.1) is 10.6 Å². The Labute approximate surface area is 96.4 Å².